The Kier molecular flexibility index (Phi) is 3.76. The van der Waals surface area contributed by atoms with E-state index in [2.05, 4.69) is 4.98 Å². The highest BCUT2D eigenvalue weighted by Crippen LogP contribution is 2.26. The number of aromatic carboxylic acids is 1. The van der Waals surface area contributed by atoms with E-state index in [1.54, 1.807) is 4.90 Å². The Bertz CT molecular complexity index is 453. The lowest BCUT2D eigenvalue weighted by Gasteiger charge is -2.35. The molecule has 0 aliphatic carbocycles. The Balaban J connectivity index is 2.37. The van der Waals surface area contributed by atoms with Crippen LogP contribution in [0, 0.1) is 5.82 Å². The first-order valence-corrected chi connectivity index (χ1v) is 5.90. The SMILES string of the molecule is O=C(O)c1ccnc(N2CCCCC2CO)c1F. The number of aliphatic hydroxyl groups is 1. The van der Waals surface area contributed by atoms with Gasteiger partial charge in [-0.2, -0.15) is 0 Å². The highest BCUT2D eigenvalue weighted by molar-refractivity contribution is 5.88. The van der Waals surface area contributed by atoms with E-state index in [4.69, 9.17) is 5.11 Å². The van der Waals surface area contributed by atoms with Crippen LogP contribution in [-0.4, -0.2) is 40.4 Å². The molecule has 5 nitrogen and oxygen atoms in total. The number of hydrogen-bond acceptors (Lipinski definition) is 4. The van der Waals surface area contributed by atoms with Crippen LogP contribution in [0.2, 0.25) is 0 Å². The van der Waals surface area contributed by atoms with Gasteiger partial charge in [0, 0.05) is 12.7 Å². The maximum Gasteiger partial charge on any atom is 0.338 e. The monoisotopic (exact) mass is 254 g/mol. The van der Waals surface area contributed by atoms with Gasteiger partial charge in [0.05, 0.1) is 12.6 Å². The average molecular weight is 254 g/mol. The van der Waals surface area contributed by atoms with E-state index in [1.165, 1.54) is 6.20 Å². The Hall–Kier alpha value is -1.69. The van der Waals surface area contributed by atoms with Crippen molar-refractivity contribution in [2.24, 2.45) is 0 Å². The van der Waals surface area contributed by atoms with E-state index in [0.717, 1.165) is 25.3 Å². The van der Waals surface area contributed by atoms with E-state index in [9.17, 15) is 14.3 Å². The number of aliphatic hydroxyl groups excluding tert-OH is 1. The second-order valence-electron chi connectivity index (χ2n) is 4.33. The third-order valence-corrected chi connectivity index (χ3v) is 3.21. The van der Waals surface area contributed by atoms with Crippen LogP contribution in [0.25, 0.3) is 0 Å². The van der Waals surface area contributed by atoms with Crippen molar-refractivity contribution < 1.29 is 19.4 Å². The van der Waals surface area contributed by atoms with Crippen LogP contribution >= 0.6 is 0 Å². The number of hydrogen-bond donors (Lipinski definition) is 2. The van der Waals surface area contributed by atoms with Crippen LogP contribution in [0.1, 0.15) is 29.6 Å². The molecule has 0 spiro atoms. The zero-order valence-corrected chi connectivity index (χ0v) is 9.84. The molecule has 1 aromatic rings. The second kappa shape index (κ2) is 5.30. The van der Waals surface area contributed by atoms with Gasteiger partial charge in [-0.05, 0) is 25.3 Å². The van der Waals surface area contributed by atoms with E-state index in [0.29, 0.717) is 6.54 Å². The molecule has 1 aliphatic heterocycles. The Morgan fingerprint density at radius 2 is 2.33 bits per heavy atom. The quantitative estimate of drug-likeness (QED) is 0.849. The molecule has 0 amide bonds. The zero-order valence-electron chi connectivity index (χ0n) is 9.84. The summed E-state index contributed by atoms with van der Waals surface area (Å²) in [5, 5.41) is 18.2. The number of anilines is 1. The molecule has 2 heterocycles. The Labute approximate surface area is 104 Å². The molecule has 1 aromatic heterocycles. The predicted octanol–water partition coefficient (Wildman–Crippen LogP) is 1.27. The number of halogens is 1. The molecule has 18 heavy (non-hydrogen) atoms. The van der Waals surface area contributed by atoms with Gasteiger partial charge in [-0.15, -0.1) is 0 Å². The molecule has 0 bridgehead atoms. The average Bonchev–Trinajstić information content (AvgIpc) is 2.38. The van der Waals surface area contributed by atoms with Crippen molar-refractivity contribution in [3.05, 3.63) is 23.6 Å². The minimum absolute atomic E-state index is 0.0219. The second-order valence-corrected chi connectivity index (χ2v) is 4.33. The van der Waals surface area contributed by atoms with Gasteiger partial charge in [0.2, 0.25) is 0 Å². The van der Waals surface area contributed by atoms with Crippen molar-refractivity contribution in [1.82, 2.24) is 4.98 Å². The van der Waals surface area contributed by atoms with Crippen molar-refractivity contribution in [2.75, 3.05) is 18.1 Å². The van der Waals surface area contributed by atoms with Gasteiger partial charge in [-0.3, -0.25) is 0 Å². The van der Waals surface area contributed by atoms with Crippen LogP contribution < -0.4 is 4.90 Å². The van der Waals surface area contributed by atoms with Gasteiger partial charge in [-0.1, -0.05) is 0 Å². The van der Waals surface area contributed by atoms with E-state index >= 15 is 0 Å². The number of nitrogens with zero attached hydrogens (tertiary/aromatic N) is 2. The molecule has 1 saturated heterocycles. The summed E-state index contributed by atoms with van der Waals surface area (Å²) in [5.74, 6) is -2.12. The van der Waals surface area contributed by atoms with E-state index < -0.39 is 11.8 Å². The lowest BCUT2D eigenvalue weighted by molar-refractivity contribution is 0.0691. The van der Waals surface area contributed by atoms with Crippen molar-refractivity contribution in [3.8, 4) is 0 Å². The number of piperidine rings is 1. The minimum atomic E-state index is -1.31. The molecule has 6 heteroatoms. The molecular weight excluding hydrogens is 239 g/mol. The predicted molar refractivity (Wildman–Crippen MR) is 63.2 cm³/mol. The molecule has 98 valence electrons. The molecule has 1 fully saturated rings. The van der Waals surface area contributed by atoms with Crippen LogP contribution in [0.3, 0.4) is 0 Å². The largest absolute Gasteiger partial charge is 0.478 e. The highest BCUT2D eigenvalue weighted by Gasteiger charge is 2.27. The smallest absolute Gasteiger partial charge is 0.338 e. The van der Waals surface area contributed by atoms with Gasteiger partial charge >= 0.3 is 5.97 Å². The number of carboxylic acids is 1. The van der Waals surface area contributed by atoms with Crippen LogP contribution in [0.5, 0.6) is 0 Å². The highest BCUT2D eigenvalue weighted by atomic mass is 19.1. The molecule has 0 saturated carbocycles. The molecule has 1 unspecified atom stereocenters. The third kappa shape index (κ3) is 2.28. The number of rotatable bonds is 3. The molecular formula is C12H15FN2O3. The van der Waals surface area contributed by atoms with Crippen LogP contribution in [0.4, 0.5) is 10.2 Å². The summed E-state index contributed by atoms with van der Waals surface area (Å²) in [4.78, 5) is 16.4. The maximum atomic E-state index is 14.1. The first-order chi connectivity index (χ1) is 8.65. The third-order valence-electron chi connectivity index (χ3n) is 3.21. The fourth-order valence-electron chi connectivity index (χ4n) is 2.27. The molecule has 0 radical (unpaired) electrons. The van der Waals surface area contributed by atoms with Crippen LogP contribution in [0.15, 0.2) is 12.3 Å². The zero-order chi connectivity index (χ0) is 13.1. The minimum Gasteiger partial charge on any atom is -0.478 e. The first kappa shape index (κ1) is 12.8. The topological polar surface area (TPSA) is 73.7 Å². The maximum absolute atomic E-state index is 14.1. The summed E-state index contributed by atoms with van der Waals surface area (Å²) in [6, 6.07) is 0.948. The number of carboxylic acid groups (broad SMARTS) is 1. The van der Waals surface area contributed by atoms with E-state index in [1.807, 2.05) is 0 Å². The molecule has 2 rings (SSSR count). The lowest BCUT2D eigenvalue weighted by Crippen LogP contribution is -2.43. The molecule has 1 atom stereocenters. The van der Waals surface area contributed by atoms with E-state index in [-0.39, 0.29) is 24.0 Å². The Morgan fingerprint density at radius 3 is 3.00 bits per heavy atom. The van der Waals surface area contributed by atoms with Crippen molar-refractivity contribution in [2.45, 2.75) is 25.3 Å². The molecule has 0 aromatic carbocycles. The molecule has 1 aliphatic rings. The summed E-state index contributed by atoms with van der Waals surface area (Å²) in [6.07, 6.45) is 3.90. The summed E-state index contributed by atoms with van der Waals surface area (Å²) >= 11 is 0. The van der Waals surface area contributed by atoms with Gasteiger partial charge in [0.1, 0.15) is 5.56 Å². The van der Waals surface area contributed by atoms with Gasteiger partial charge in [0.25, 0.3) is 0 Å². The van der Waals surface area contributed by atoms with Crippen LogP contribution in [-0.2, 0) is 0 Å². The standard InChI is InChI=1S/C12H15FN2O3/c13-10-9(12(17)18)4-5-14-11(10)15-6-2-1-3-8(15)7-16/h4-5,8,16H,1-3,6-7H2,(H,17,18). The summed E-state index contributed by atoms with van der Waals surface area (Å²) in [6.45, 7) is 0.497. The van der Waals surface area contributed by atoms with Gasteiger partial charge in [-0.25, -0.2) is 14.2 Å². The normalized spacial score (nSPS) is 19.9. The lowest BCUT2D eigenvalue weighted by atomic mass is 10.0. The van der Waals surface area contributed by atoms with Crippen molar-refractivity contribution in [1.29, 1.82) is 0 Å². The molecule has 2 N–H and O–H groups in total. The fraction of sp³-hybridized carbons (Fsp3) is 0.500. The number of aromatic nitrogens is 1. The summed E-state index contributed by atoms with van der Waals surface area (Å²) in [7, 11) is 0. The fourth-order valence-corrected chi connectivity index (χ4v) is 2.27. The van der Waals surface area contributed by atoms with Crippen molar-refractivity contribution >= 4 is 11.8 Å². The summed E-state index contributed by atoms with van der Waals surface area (Å²) < 4.78 is 14.1. The number of pyridine rings is 1. The first-order valence-electron chi connectivity index (χ1n) is 5.90. The number of carbonyl (C=O) groups is 1. The Morgan fingerprint density at radius 1 is 1.56 bits per heavy atom. The summed E-state index contributed by atoms with van der Waals surface area (Å²) in [5.41, 5.74) is -0.387. The van der Waals surface area contributed by atoms with Gasteiger partial charge in [0.15, 0.2) is 11.6 Å². The van der Waals surface area contributed by atoms with Gasteiger partial charge < -0.3 is 15.1 Å². The van der Waals surface area contributed by atoms with Crippen molar-refractivity contribution in [3.63, 3.8) is 0 Å².